The summed E-state index contributed by atoms with van der Waals surface area (Å²) in [5, 5.41) is 0. The van der Waals surface area contributed by atoms with Crippen molar-refractivity contribution in [3.8, 4) is 17.6 Å². The molecule has 0 aliphatic carbocycles. The fourth-order valence-electron chi connectivity index (χ4n) is 2.79. The van der Waals surface area contributed by atoms with Crippen LogP contribution < -0.4 is 4.74 Å². The van der Waals surface area contributed by atoms with Gasteiger partial charge in [0.05, 0.1) is 7.11 Å². The SMILES string of the molecule is COc1ccc(C#Cc2ccc(C(=O)N3CCCCC3)cc2)cc1. The molecule has 2 aromatic carbocycles. The van der Waals surface area contributed by atoms with Crippen LogP contribution in [0.1, 0.15) is 40.7 Å². The van der Waals surface area contributed by atoms with Gasteiger partial charge in [-0.2, -0.15) is 0 Å². The van der Waals surface area contributed by atoms with Crippen molar-refractivity contribution in [2.24, 2.45) is 0 Å². The van der Waals surface area contributed by atoms with E-state index >= 15 is 0 Å². The number of piperidine rings is 1. The zero-order chi connectivity index (χ0) is 16.8. The predicted octanol–water partition coefficient (Wildman–Crippen LogP) is 3.72. The zero-order valence-electron chi connectivity index (χ0n) is 13.9. The van der Waals surface area contributed by atoms with Gasteiger partial charge in [0.1, 0.15) is 5.75 Å². The molecule has 3 rings (SSSR count). The van der Waals surface area contributed by atoms with Crippen molar-refractivity contribution >= 4 is 5.91 Å². The lowest BCUT2D eigenvalue weighted by Crippen LogP contribution is -2.35. The fraction of sp³-hybridized carbons (Fsp3) is 0.286. The maximum absolute atomic E-state index is 12.4. The summed E-state index contributed by atoms with van der Waals surface area (Å²) in [6.07, 6.45) is 3.44. The van der Waals surface area contributed by atoms with Crippen LogP contribution in [0.5, 0.6) is 5.75 Å². The summed E-state index contributed by atoms with van der Waals surface area (Å²) in [5.41, 5.74) is 2.58. The van der Waals surface area contributed by atoms with E-state index < -0.39 is 0 Å². The Kier molecular flexibility index (Phi) is 5.18. The number of carbonyl (C=O) groups is 1. The molecule has 1 heterocycles. The predicted molar refractivity (Wildman–Crippen MR) is 95.2 cm³/mol. The third kappa shape index (κ3) is 3.97. The number of nitrogens with zero attached hydrogens (tertiary/aromatic N) is 1. The normalized spacial score (nSPS) is 13.8. The second-order valence-corrected chi connectivity index (χ2v) is 5.91. The van der Waals surface area contributed by atoms with Gasteiger partial charge in [-0.25, -0.2) is 0 Å². The molecule has 0 saturated carbocycles. The number of carbonyl (C=O) groups excluding carboxylic acids is 1. The van der Waals surface area contributed by atoms with Gasteiger partial charge in [0, 0.05) is 29.8 Å². The average molecular weight is 319 g/mol. The monoisotopic (exact) mass is 319 g/mol. The first-order chi connectivity index (χ1) is 11.8. The van der Waals surface area contributed by atoms with Gasteiger partial charge in [0.15, 0.2) is 0 Å². The van der Waals surface area contributed by atoms with Crippen LogP contribution in [-0.4, -0.2) is 31.0 Å². The summed E-state index contributed by atoms with van der Waals surface area (Å²) in [7, 11) is 1.65. The number of methoxy groups -OCH3 is 1. The summed E-state index contributed by atoms with van der Waals surface area (Å²) in [6, 6.07) is 15.2. The molecule has 1 amide bonds. The standard InChI is InChI=1S/C21H21NO2/c1-24-20-13-9-18(10-14-20)6-5-17-7-11-19(12-8-17)21(23)22-15-3-2-4-16-22/h7-14H,2-4,15-16H2,1H3. The molecule has 0 unspecified atom stereocenters. The van der Waals surface area contributed by atoms with Crippen LogP contribution in [0.2, 0.25) is 0 Å². The van der Waals surface area contributed by atoms with E-state index in [1.165, 1.54) is 6.42 Å². The van der Waals surface area contributed by atoms with E-state index in [1.807, 2.05) is 53.4 Å². The first-order valence-electron chi connectivity index (χ1n) is 8.32. The molecule has 1 aliphatic rings. The van der Waals surface area contributed by atoms with Gasteiger partial charge in [-0.3, -0.25) is 4.79 Å². The molecule has 2 aromatic rings. The Morgan fingerprint density at radius 2 is 1.42 bits per heavy atom. The third-order valence-corrected chi connectivity index (χ3v) is 4.22. The van der Waals surface area contributed by atoms with Gasteiger partial charge in [-0.05, 0) is 67.8 Å². The Morgan fingerprint density at radius 3 is 1.96 bits per heavy atom. The van der Waals surface area contributed by atoms with Gasteiger partial charge >= 0.3 is 0 Å². The van der Waals surface area contributed by atoms with Crippen LogP contribution in [0.25, 0.3) is 0 Å². The molecule has 0 radical (unpaired) electrons. The van der Waals surface area contributed by atoms with Crippen LogP contribution in [0.3, 0.4) is 0 Å². The van der Waals surface area contributed by atoms with Gasteiger partial charge < -0.3 is 9.64 Å². The Balaban J connectivity index is 1.68. The molecule has 0 atom stereocenters. The van der Waals surface area contributed by atoms with E-state index in [-0.39, 0.29) is 5.91 Å². The molecule has 122 valence electrons. The zero-order valence-corrected chi connectivity index (χ0v) is 13.9. The van der Waals surface area contributed by atoms with E-state index in [0.717, 1.165) is 48.4 Å². The number of hydrogen-bond acceptors (Lipinski definition) is 2. The molecule has 0 bridgehead atoms. The molecular formula is C21H21NO2. The highest BCUT2D eigenvalue weighted by Crippen LogP contribution is 2.14. The second-order valence-electron chi connectivity index (χ2n) is 5.91. The van der Waals surface area contributed by atoms with Crippen molar-refractivity contribution in [2.75, 3.05) is 20.2 Å². The van der Waals surface area contributed by atoms with Crippen LogP contribution in [-0.2, 0) is 0 Å². The van der Waals surface area contributed by atoms with Crippen molar-refractivity contribution < 1.29 is 9.53 Å². The number of rotatable bonds is 2. The number of benzene rings is 2. The molecular weight excluding hydrogens is 298 g/mol. The highest BCUT2D eigenvalue weighted by atomic mass is 16.5. The summed E-state index contributed by atoms with van der Waals surface area (Å²) >= 11 is 0. The minimum atomic E-state index is 0.129. The summed E-state index contributed by atoms with van der Waals surface area (Å²) < 4.78 is 5.13. The van der Waals surface area contributed by atoms with E-state index in [2.05, 4.69) is 11.8 Å². The first-order valence-corrected chi connectivity index (χ1v) is 8.32. The Hall–Kier alpha value is -2.73. The Labute approximate surface area is 143 Å². The molecule has 0 aromatic heterocycles. The van der Waals surface area contributed by atoms with Crippen molar-refractivity contribution in [3.63, 3.8) is 0 Å². The minimum Gasteiger partial charge on any atom is -0.497 e. The smallest absolute Gasteiger partial charge is 0.253 e. The molecule has 24 heavy (non-hydrogen) atoms. The second kappa shape index (κ2) is 7.70. The van der Waals surface area contributed by atoms with E-state index in [0.29, 0.717) is 0 Å². The molecule has 0 spiro atoms. The van der Waals surface area contributed by atoms with Crippen LogP contribution in [0, 0.1) is 11.8 Å². The van der Waals surface area contributed by atoms with Crippen molar-refractivity contribution in [1.82, 2.24) is 4.90 Å². The lowest BCUT2D eigenvalue weighted by Gasteiger charge is -2.26. The van der Waals surface area contributed by atoms with Crippen LogP contribution in [0.15, 0.2) is 48.5 Å². The fourth-order valence-corrected chi connectivity index (χ4v) is 2.79. The molecule has 3 nitrogen and oxygen atoms in total. The van der Waals surface area contributed by atoms with Crippen LogP contribution >= 0.6 is 0 Å². The van der Waals surface area contributed by atoms with Crippen molar-refractivity contribution in [2.45, 2.75) is 19.3 Å². The molecule has 1 aliphatic heterocycles. The lowest BCUT2D eigenvalue weighted by molar-refractivity contribution is 0.0724. The Bertz CT molecular complexity index is 745. The maximum atomic E-state index is 12.4. The number of likely N-dealkylation sites (tertiary alicyclic amines) is 1. The van der Waals surface area contributed by atoms with Gasteiger partial charge in [0.2, 0.25) is 0 Å². The highest BCUT2D eigenvalue weighted by Gasteiger charge is 2.17. The number of amides is 1. The first kappa shape index (κ1) is 16.1. The van der Waals surface area contributed by atoms with Gasteiger partial charge in [0.25, 0.3) is 5.91 Å². The van der Waals surface area contributed by atoms with Crippen molar-refractivity contribution in [1.29, 1.82) is 0 Å². The number of hydrogen-bond donors (Lipinski definition) is 0. The molecule has 1 fully saturated rings. The van der Waals surface area contributed by atoms with Gasteiger partial charge in [-0.15, -0.1) is 0 Å². The van der Waals surface area contributed by atoms with E-state index in [9.17, 15) is 4.79 Å². The maximum Gasteiger partial charge on any atom is 0.253 e. The highest BCUT2D eigenvalue weighted by molar-refractivity contribution is 5.94. The molecule has 0 N–H and O–H groups in total. The molecule has 3 heteroatoms. The lowest BCUT2D eigenvalue weighted by atomic mass is 10.1. The molecule has 1 saturated heterocycles. The minimum absolute atomic E-state index is 0.129. The average Bonchev–Trinajstić information content (AvgIpc) is 2.67. The van der Waals surface area contributed by atoms with Crippen molar-refractivity contribution in [3.05, 3.63) is 65.2 Å². The number of ether oxygens (including phenoxy) is 1. The summed E-state index contributed by atoms with van der Waals surface area (Å²) in [5.74, 6) is 7.20. The topological polar surface area (TPSA) is 29.5 Å². The van der Waals surface area contributed by atoms with Gasteiger partial charge in [-0.1, -0.05) is 11.8 Å². The quantitative estimate of drug-likeness (QED) is 0.790. The third-order valence-electron chi connectivity index (χ3n) is 4.22. The largest absolute Gasteiger partial charge is 0.497 e. The van der Waals surface area contributed by atoms with Crippen LogP contribution in [0.4, 0.5) is 0 Å². The Morgan fingerprint density at radius 1 is 0.875 bits per heavy atom. The summed E-state index contributed by atoms with van der Waals surface area (Å²) in [4.78, 5) is 14.4. The van der Waals surface area contributed by atoms with E-state index in [4.69, 9.17) is 4.74 Å². The van der Waals surface area contributed by atoms with E-state index in [1.54, 1.807) is 7.11 Å². The summed E-state index contributed by atoms with van der Waals surface area (Å²) in [6.45, 7) is 1.75.